The van der Waals surface area contributed by atoms with E-state index >= 15 is 0 Å². The van der Waals surface area contributed by atoms with Gasteiger partial charge in [0, 0.05) is 25.0 Å². The van der Waals surface area contributed by atoms with Crippen LogP contribution in [0.1, 0.15) is 96.3 Å². The summed E-state index contributed by atoms with van der Waals surface area (Å²) in [5.74, 6) is -10.6. The maximum Gasteiger partial charge on any atom is 0.391 e. The van der Waals surface area contributed by atoms with Crippen molar-refractivity contribution in [2.75, 3.05) is 0 Å². The molecule has 0 heterocycles. The Hall–Kier alpha value is -6.94. The van der Waals surface area contributed by atoms with Gasteiger partial charge < -0.3 is 46.9 Å². The zero-order chi connectivity index (χ0) is 51.0. The highest BCUT2D eigenvalue weighted by Gasteiger charge is 2.39. The van der Waals surface area contributed by atoms with Crippen molar-refractivity contribution in [3.8, 4) is 0 Å². The average Bonchev–Trinajstić information content (AvgIpc) is 3.21. The molecule has 0 aromatic heterocycles. The van der Waals surface area contributed by atoms with Crippen LogP contribution in [0.15, 0.2) is 48.5 Å². The first-order valence-corrected chi connectivity index (χ1v) is 21.1. The molecule has 0 saturated heterocycles. The molecule has 0 bridgehead atoms. The highest BCUT2D eigenvalue weighted by molar-refractivity contribution is 5.98. The SMILES string of the molecule is Cc1ccccc1C[C@H](NC(=O)[C@H](CCC(=O)O)NC(=O)[C@H](CC(=O)O)NC(=O)[C@@H](C)c1ccc([N+](=O)[O-])cc1)C(=O)N[C@H](C(=O)N[C@@H](CC(C)C)C(=O)N[C@H](C=O)CC(F)(F)F)C(C)(C)C. The largest absolute Gasteiger partial charge is 0.481 e. The van der Waals surface area contributed by atoms with E-state index in [9.17, 15) is 76.6 Å². The van der Waals surface area contributed by atoms with Crippen LogP contribution in [0, 0.1) is 28.4 Å². The van der Waals surface area contributed by atoms with Crippen molar-refractivity contribution >= 4 is 59.4 Å². The number of amides is 6. The Kier molecular flexibility index (Phi) is 21.1. The van der Waals surface area contributed by atoms with E-state index in [-0.39, 0.29) is 36.3 Å². The summed E-state index contributed by atoms with van der Waals surface area (Å²) in [4.78, 5) is 128. The second-order valence-corrected chi connectivity index (χ2v) is 17.5. The van der Waals surface area contributed by atoms with Gasteiger partial charge in [0.1, 0.15) is 36.5 Å². The minimum Gasteiger partial charge on any atom is -0.481 e. The number of aliphatic carboxylic acids is 2. The number of aldehydes is 1. The van der Waals surface area contributed by atoms with Gasteiger partial charge in [-0.1, -0.05) is 71.0 Å². The summed E-state index contributed by atoms with van der Waals surface area (Å²) < 4.78 is 39.2. The number of nitro groups is 1. The topological polar surface area (TPSA) is 309 Å². The predicted octanol–water partition coefficient (Wildman–Crippen LogP) is 2.74. The summed E-state index contributed by atoms with van der Waals surface area (Å²) in [5, 5.41) is 44.3. The highest BCUT2D eigenvalue weighted by Crippen LogP contribution is 2.24. The van der Waals surface area contributed by atoms with Crippen molar-refractivity contribution in [1.29, 1.82) is 0 Å². The van der Waals surface area contributed by atoms with Gasteiger partial charge in [0.15, 0.2) is 0 Å². The van der Waals surface area contributed by atoms with Crippen molar-refractivity contribution in [3.63, 3.8) is 0 Å². The van der Waals surface area contributed by atoms with Crippen LogP contribution < -0.4 is 31.9 Å². The number of hydrogen-bond acceptors (Lipinski definition) is 11. The molecule has 0 aliphatic heterocycles. The fourth-order valence-electron chi connectivity index (χ4n) is 6.61. The van der Waals surface area contributed by atoms with Crippen LogP contribution in [0.4, 0.5) is 18.9 Å². The number of alkyl halides is 3. The molecule has 368 valence electrons. The summed E-state index contributed by atoms with van der Waals surface area (Å²) in [6.45, 7) is 11.1. The number of carboxylic acid groups (broad SMARTS) is 2. The maximum absolute atomic E-state index is 14.3. The molecule has 2 rings (SSSR count). The quantitative estimate of drug-likeness (QED) is 0.0404. The first kappa shape index (κ1) is 56.2. The number of nitro benzene ring substituents is 1. The number of non-ortho nitro benzene ring substituents is 1. The lowest BCUT2D eigenvalue weighted by Crippen LogP contribution is -2.62. The Morgan fingerprint density at radius 2 is 1.22 bits per heavy atom. The van der Waals surface area contributed by atoms with E-state index in [1.807, 2.05) is 5.32 Å². The van der Waals surface area contributed by atoms with Crippen molar-refractivity contribution < 1.29 is 71.5 Å². The first-order valence-electron chi connectivity index (χ1n) is 21.1. The smallest absolute Gasteiger partial charge is 0.391 e. The van der Waals surface area contributed by atoms with E-state index in [1.54, 1.807) is 65.8 Å². The third-order valence-corrected chi connectivity index (χ3v) is 10.3. The van der Waals surface area contributed by atoms with Crippen LogP contribution in [0.3, 0.4) is 0 Å². The van der Waals surface area contributed by atoms with Gasteiger partial charge >= 0.3 is 18.1 Å². The van der Waals surface area contributed by atoms with Gasteiger partial charge in [-0.2, -0.15) is 13.2 Å². The molecule has 20 nitrogen and oxygen atoms in total. The number of aryl methyl sites for hydroxylation is 1. The standard InChI is InChI=1S/C44H58F3N7O13/c1-23(2)18-31(39(62)48-28(22-55)21-44(45,46)47)52-42(65)36(43(5,6)7)53-41(64)32(19-27-11-9-8-10-24(27)3)51-38(61)30(16-17-34(56)57)49-40(63)33(20-35(58)59)50-37(60)25(4)26-12-14-29(15-13-26)54(66)67/h8-15,22-23,25,28,30-33,36H,16-21H2,1-7H3,(H,48,62)(H,49,63)(H,50,60)(H,51,61)(H,52,65)(H,53,64)(H,56,57)(H,58,59)/t25-,28-,30-,31-,32-,33-,36+/m0/s1. The number of hydrogen-bond donors (Lipinski definition) is 8. The fraction of sp³-hybridized carbons (Fsp3) is 0.523. The Morgan fingerprint density at radius 3 is 1.73 bits per heavy atom. The Labute approximate surface area is 384 Å². The van der Waals surface area contributed by atoms with Crippen LogP contribution in [0.2, 0.25) is 0 Å². The lowest BCUT2D eigenvalue weighted by Gasteiger charge is -2.34. The van der Waals surface area contributed by atoms with Crippen molar-refractivity contribution in [2.45, 2.75) is 135 Å². The second kappa shape index (κ2) is 25.1. The molecule has 0 aliphatic carbocycles. The second-order valence-electron chi connectivity index (χ2n) is 17.5. The molecular formula is C44H58F3N7O13. The monoisotopic (exact) mass is 949 g/mol. The number of nitrogens with one attached hydrogen (secondary N) is 6. The van der Waals surface area contributed by atoms with E-state index in [4.69, 9.17) is 0 Å². The normalized spacial score (nSPS) is 14.7. The van der Waals surface area contributed by atoms with Crippen LogP contribution in [0.25, 0.3) is 0 Å². The summed E-state index contributed by atoms with van der Waals surface area (Å²) in [6.07, 6.45) is -9.21. The average molecular weight is 950 g/mol. The molecule has 23 heteroatoms. The van der Waals surface area contributed by atoms with Gasteiger partial charge in [-0.25, -0.2) is 0 Å². The lowest BCUT2D eigenvalue weighted by molar-refractivity contribution is -0.384. The van der Waals surface area contributed by atoms with Gasteiger partial charge in [-0.3, -0.25) is 48.5 Å². The molecule has 67 heavy (non-hydrogen) atoms. The molecule has 2 aromatic carbocycles. The minimum atomic E-state index is -4.80. The Balaban J connectivity index is 2.49. The van der Waals surface area contributed by atoms with Crippen LogP contribution in [0.5, 0.6) is 0 Å². The van der Waals surface area contributed by atoms with Crippen molar-refractivity contribution in [3.05, 3.63) is 75.3 Å². The van der Waals surface area contributed by atoms with E-state index in [0.717, 1.165) is 12.1 Å². The fourth-order valence-corrected chi connectivity index (χ4v) is 6.61. The molecule has 0 spiro atoms. The summed E-state index contributed by atoms with van der Waals surface area (Å²) in [5.41, 5.74) is 0.0453. The molecule has 6 amide bonds. The minimum absolute atomic E-state index is 0.0854. The molecule has 0 radical (unpaired) electrons. The number of benzene rings is 2. The van der Waals surface area contributed by atoms with E-state index in [0.29, 0.717) is 11.1 Å². The van der Waals surface area contributed by atoms with Crippen molar-refractivity contribution in [1.82, 2.24) is 31.9 Å². The number of rotatable bonds is 25. The summed E-state index contributed by atoms with van der Waals surface area (Å²) in [7, 11) is 0. The van der Waals surface area contributed by atoms with E-state index in [1.165, 1.54) is 19.1 Å². The van der Waals surface area contributed by atoms with Crippen LogP contribution in [-0.2, 0) is 49.6 Å². The van der Waals surface area contributed by atoms with Crippen molar-refractivity contribution in [2.24, 2.45) is 11.3 Å². The molecule has 0 fully saturated rings. The Morgan fingerprint density at radius 1 is 0.701 bits per heavy atom. The predicted molar refractivity (Wildman–Crippen MR) is 233 cm³/mol. The van der Waals surface area contributed by atoms with E-state index in [2.05, 4.69) is 26.6 Å². The number of carboxylic acids is 2. The summed E-state index contributed by atoms with van der Waals surface area (Å²) >= 11 is 0. The van der Waals surface area contributed by atoms with Gasteiger partial charge in [0.05, 0.1) is 29.7 Å². The maximum atomic E-state index is 14.3. The molecule has 0 aliphatic rings. The summed E-state index contributed by atoms with van der Waals surface area (Å²) in [6, 6.07) is 1.47. The van der Waals surface area contributed by atoms with Gasteiger partial charge in [0.2, 0.25) is 35.4 Å². The Bertz CT molecular complexity index is 2130. The molecular weight excluding hydrogens is 892 g/mol. The van der Waals surface area contributed by atoms with Crippen LogP contribution in [-0.4, -0.2) is 111 Å². The zero-order valence-corrected chi connectivity index (χ0v) is 38.0. The number of nitrogens with zero attached hydrogens (tertiary/aromatic N) is 1. The molecule has 0 unspecified atom stereocenters. The van der Waals surface area contributed by atoms with Gasteiger partial charge in [-0.15, -0.1) is 0 Å². The number of halogens is 3. The molecule has 7 atom stereocenters. The van der Waals surface area contributed by atoms with Crippen LogP contribution >= 0.6 is 0 Å². The third kappa shape index (κ3) is 19.2. The number of carbonyl (C=O) groups excluding carboxylic acids is 7. The number of carbonyl (C=O) groups is 9. The van der Waals surface area contributed by atoms with Gasteiger partial charge in [-0.05, 0) is 54.7 Å². The van der Waals surface area contributed by atoms with E-state index < -0.39 is 132 Å². The lowest BCUT2D eigenvalue weighted by atomic mass is 9.85. The molecule has 0 saturated carbocycles. The zero-order valence-electron chi connectivity index (χ0n) is 38.0. The third-order valence-electron chi connectivity index (χ3n) is 10.3. The first-order chi connectivity index (χ1) is 31.0. The molecule has 2 aromatic rings. The molecule has 8 N–H and O–H groups in total. The van der Waals surface area contributed by atoms with Gasteiger partial charge in [0.25, 0.3) is 5.69 Å². The highest BCUT2D eigenvalue weighted by atomic mass is 19.4.